The molecule has 0 unspecified atom stereocenters. The summed E-state index contributed by atoms with van der Waals surface area (Å²) < 4.78 is 2.17. The van der Waals surface area contributed by atoms with Crippen LogP contribution < -0.4 is 5.32 Å². The van der Waals surface area contributed by atoms with Crippen molar-refractivity contribution in [3.63, 3.8) is 0 Å². The minimum Gasteiger partial charge on any atom is -0.313 e. The van der Waals surface area contributed by atoms with E-state index in [1.807, 2.05) is 0 Å². The zero-order valence-electron chi connectivity index (χ0n) is 12.9. The average Bonchev–Trinajstić information content (AvgIpc) is 2.53. The zero-order chi connectivity index (χ0) is 13.8. The van der Waals surface area contributed by atoms with Crippen LogP contribution in [0.1, 0.15) is 57.5 Å². The monoisotopic (exact) mass is 251 g/mol. The molecule has 1 aromatic heterocycles. The number of aryl methyl sites for hydroxylation is 2. The highest BCUT2D eigenvalue weighted by Crippen LogP contribution is 2.21. The molecule has 0 bridgehead atoms. The first-order valence-corrected chi connectivity index (χ1v) is 7.08. The Hall–Kier alpha value is -0.830. The summed E-state index contributed by atoms with van der Waals surface area (Å²) in [5, 5.41) is 8.13. The smallest absolute Gasteiger partial charge is 0.0641 e. The highest BCUT2D eigenvalue weighted by molar-refractivity contribution is 5.24. The number of nitrogens with one attached hydrogen (secondary N) is 1. The van der Waals surface area contributed by atoms with Crippen LogP contribution in [0.4, 0.5) is 0 Å². The molecule has 0 aliphatic rings. The third-order valence-corrected chi connectivity index (χ3v) is 3.33. The Kier molecular flexibility index (Phi) is 5.39. The number of aromatic nitrogens is 2. The van der Waals surface area contributed by atoms with Gasteiger partial charge in [-0.1, -0.05) is 27.7 Å². The molecule has 3 nitrogen and oxygen atoms in total. The fraction of sp³-hybridized carbons (Fsp3) is 0.800. The van der Waals surface area contributed by atoms with Crippen molar-refractivity contribution in [2.45, 2.75) is 67.5 Å². The van der Waals surface area contributed by atoms with Gasteiger partial charge in [0.25, 0.3) is 0 Å². The lowest BCUT2D eigenvalue weighted by molar-refractivity contribution is 0.338. The molecule has 0 aromatic carbocycles. The van der Waals surface area contributed by atoms with E-state index in [-0.39, 0.29) is 0 Å². The van der Waals surface area contributed by atoms with E-state index in [4.69, 9.17) is 0 Å². The zero-order valence-corrected chi connectivity index (χ0v) is 12.9. The Labute approximate surface area is 112 Å². The number of rotatable bonds is 6. The minimum atomic E-state index is 0.368. The average molecular weight is 251 g/mol. The van der Waals surface area contributed by atoms with Gasteiger partial charge in [0.1, 0.15) is 0 Å². The topological polar surface area (TPSA) is 29.9 Å². The second-order valence-electron chi connectivity index (χ2n) is 6.36. The molecular formula is C15H29N3. The van der Waals surface area contributed by atoms with E-state index in [0.717, 1.165) is 26.1 Å². The van der Waals surface area contributed by atoms with Gasteiger partial charge in [-0.2, -0.15) is 5.10 Å². The molecule has 0 saturated carbocycles. The second-order valence-corrected chi connectivity index (χ2v) is 6.36. The quantitative estimate of drug-likeness (QED) is 0.785. The molecule has 0 spiro atoms. The Balaban J connectivity index is 2.68. The lowest BCUT2D eigenvalue weighted by Crippen LogP contribution is -2.15. The van der Waals surface area contributed by atoms with Gasteiger partial charge >= 0.3 is 0 Å². The van der Waals surface area contributed by atoms with Crippen LogP contribution in [0.15, 0.2) is 0 Å². The van der Waals surface area contributed by atoms with E-state index in [1.165, 1.54) is 23.4 Å². The summed E-state index contributed by atoms with van der Waals surface area (Å²) in [7, 11) is 0. The molecule has 1 N–H and O–H groups in total. The third kappa shape index (κ3) is 4.45. The number of nitrogens with zero attached hydrogens (tertiary/aromatic N) is 2. The molecule has 0 amide bonds. The first-order chi connectivity index (χ1) is 8.35. The lowest BCUT2D eigenvalue weighted by atomic mass is 9.92. The highest BCUT2D eigenvalue weighted by Gasteiger charge is 2.14. The molecule has 0 atom stereocenters. The van der Waals surface area contributed by atoms with Crippen LogP contribution in [0, 0.1) is 19.3 Å². The van der Waals surface area contributed by atoms with E-state index in [2.05, 4.69) is 56.6 Å². The van der Waals surface area contributed by atoms with E-state index in [9.17, 15) is 0 Å². The molecule has 0 radical (unpaired) electrons. The van der Waals surface area contributed by atoms with Gasteiger partial charge in [0.2, 0.25) is 0 Å². The van der Waals surface area contributed by atoms with Gasteiger partial charge in [-0.3, -0.25) is 4.68 Å². The molecule has 0 aliphatic carbocycles. The minimum absolute atomic E-state index is 0.368. The van der Waals surface area contributed by atoms with Crippen LogP contribution >= 0.6 is 0 Å². The first kappa shape index (κ1) is 15.2. The molecule has 18 heavy (non-hydrogen) atoms. The van der Waals surface area contributed by atoms with Gasteiger partial charge in [-0.25, -0.2) is 0 Å². The Morgan fingerprint density at radius 3 is 2.44 bits per heavy atom. The number of hydrogen-bond acceptors (Lipinski definition) is 2. The van der Waals surface area contributed by atoms with E-state index < -0.39 is 0 Å². The summed E-state index contributed by atoms with van der Waals surface area (Å²) >= 11 is 0. The van der Waals surface area contributed by atoms with Crippen LogP contribution in [0.3, 0.4) is 0 Å². The molecule has 1 rings (SSSR count). The van der Waals surface area contributed by atoms with Gasteiger partial charge < -0.3 is 5.32 Å². The van der Waals surface area contributed by atoms with Crippen molar-refractivity contribution in [2.75, 3.05) is 6.54 Å². The van der Waals surface area contributed by atoms with Gasteiger partial charge in [-0.15, -0.1) is 0 Å². The molecule has 104 valence electrons. The summed E-state index contributed by atoms with van der Waals surface area (Å²) in [6.45, 7) is 16.4. The third-order valence-electron chi connectivity index (χ3n) is 3.33. The van der Waals surface area contributed by atoms with Gasteiger partial charge in [0, 0.05) is 24.3 Å². The van der Waals surface area contributed by atoms with Crippen molar-refractivity contribution in [2.24, 2.45) is 5.41 Å². The Morgan fingerprint density at radius 2 is 1.89 bits per heavy atom. The maximum atomic E-state index is 4.67. The fourth-order valence-electron chi connectivity index (χ4n) is 2.04. The van der Waals surface area contributed by atoms with E-state index in [1.54, 1.807) is 0 Å². The number of hydrogen-bond donors (Lipinski definition) is 1. The van der Waals surface area contributed by atoms with Crippen LogP contribution in [-0.4, -0.2) is 16.3 Å². The van der Waals surface area contributed by atoms with Crippen molar-refractivity contribution in [1.82, 2.24) is 15.1 Å². The SMILES string of the molecule is CCCNCc1c(C)nn(CCC(C)(C)C)c1C. The molecule has 0 saturated heterocycles. The van der Waals surface area contributed by atoms with Crippen LogP contribution in [-0.2, 0) is 13.1 Å². The fourth-order valence-corrected chi connectivity index (χ4v) is 2.04. The lowest BCUT2D eigenvalue weighted by Gasteiger charge is -2.18. The summed E-state index contributed by atoms with van der Waals surface area (Å²) in [5.41, 5.74) is 4.23. The summed E-state index contributed by atoms with van der Waals surface area (Å²) in [6, 6.07) is 0. The molecule has 3 heteroatoms. The summed E-state index contributed by atoms with van der Waals surface area (Å²) in [6.07, 6.45) is 2.34. The Bertz CT molecular complexity index is 372. The van der Waals surface area contributed by atoms with Crippen molar-refractivity contribution >= 4 is 0 Å². The van der Waals surface area contributed by atoms with Crippen LogP contribution in [0.5, 0.6) is 0 Å². The van der Waals surface area contributed by atoms with Gasteiger partial charge in [0.05, 0.1) is 5.69 Å². The maximum Gasteiger partial charge on any atom is 0.0641 e. The van der Waals surface area contributed by atoms with E-state index >= 15 is 0 Å². The first-order valence-electron chi connectivity index (χ1n) is 7.08. The largest absolute Gasteiger partial charge is 0.313 e. The second kappa shape index (κ2) is 6.37. The van der Waals surface area contributed by atoms with E-state index in [0.29, 0.717) is 5.41 Å². The van der Waals surface area contributed by atoms with Crippen molar-refractivity contribution in [1.29, 1.82) is 0 Å². The van der Waals surface area contributed by atoms with Gasteiger partial charge in [0.15, 0.2) is 0 Å². The van der Waals surface area contributed by atoms with Gasteiger partial charge in [-0.05, 0) is 38.6 Å². The summed E-state index contributed by atoms with van der Waals surface area (Å²) in [5.74, 6) is 0. The Morgan fingerprint density at radius 1 is 1.22 bits per heavy atom. The predicted molar refractivity (Wildman–Crippen MR) is 77.8 cm³/mol. The summed E-state index contributed by atoms with van der Waals surface area (Å²) in [4.78, 5) is 0. The van der Waals surface area contributed by atoms with Crippen LogP contribution in [0.25, 0.3) is 0 Å². The highest BCUT2D eigenvalue weighted by atomic mass is 15.3. The maximum absolute atomic E-state index is 4.67. The van der Waals surface area contributed by atoms with Crippen molar-refractivity contribution < 1.29 is 0 Å². The molecule has 0 fully saturated rings. The molecule has 0 aliphatic heterocycles. The van der Waals surface area contributed by atoms with Crippen molar-refractivity contribution in [3.05, 3.63) is 17.0 Å². The molecular weight excluding hydrogens is 222 g/mol. The molecule has 1 heterocycles. The normalized spacial score (nSPS) is 12.1. The molecule has 1 aromatic rings. The van der Waals surface area contributed by atoms with Crippen LogP contribution in [0.2, 0.25) is 0 Å². The predicted octanol–water partition coefficient (Wildman–Crippen LogP) is 3.44. The standard InChI is InChI=1S/C15H29N3/c1-7-9-16-11-14-12(2)17-18(13(14)3)10-8-15(4,5)6/h16H,7-11H2,1-6H3. The van der Waals surface area contributed by atoms with Crippen molar-refractivity contribution in [3.8, 4) is 0 Å².